The summed E-state index contributed by atoms with van der Waals surface area (Å²) in [5, 5.41) is 0.394. The summed E-state index contributed by atoms with van der Waals surface area (Å²) < 4.78 is 63.1. The molecule has 0 radical (unpaired) electrons. The highest BCUT2D eigenvalue weighted by atomic mass is 32.2. The number of alkyl halides is 3. The molecule has 3 nitrogen and oxygen atoms in total. The Bertz CT molecular complexity index is 709. The molecule has 1 atom stereocenters. The largest absolute Gasteiger partial charge is 0.416 e. The van der Waals surface area contributed by atoms with Gasteiger partial charge >= 0.3 is 6.18 Å². The highest BCUT2D eigenvalue weighted by molar-refractivity contribution is 7.93. The van der Waals surface area contributed by atoms with Crippen LogP contribution in [0.3, 0.4) is 0 Å². The fourth-order valence-corrected chi connectivity index (χ4v) is 4.73. The molecule has 2 rings (SSSR count). The van der Waals surface area contributed by atoms with Crippen LogP contribution < -0.4 is 5.73 Å². The van der Waals surface area contributed by atoms with Gasteiger partial charge in [-0.25, -0.2) is 8.42 Å². The Morgan fingerprint density at radius 1 is 1.19 bits per heavy atom. The molecule has 0 spiro atoms. The Hall–Kier alpha value is -1.38. The third kappa shape index (κ3) is 3.28. The molecule has 0 unspecified atom stereocenters. The van der Waals surface area contributed by atoms with E-state index in [1.165, 1.54) is 18.2 Å². The standard InChI is InChI=1S/C13H12F3NO2S2/c14-13(15,16)10-4-1-3-9(7-10)11(8-17)21(18,19)12-5-2-6-20-12/h1-7,11H,8,17H2/t11-/m0/s1. The van der Waals surface area contributed by atoms with Crippen LogP contribution in [0, 0.1) is 0 Å². The Labute approximate surface area is 124 Å². The molecule has 2 N–H and O–H groups in total. The first-order valence-corrected chi connectivity index (χ1v) is 8.34. The van der Waals surface area contributed by atoms with E-state index < -0.39 is 26.8 Å². The van der Waals surface area contributed by atoms with Crippen molar-refractivity contribution in [3.8, 4) is 0 Å². The molecule has 0 bridgehead atoms. The summed E-state index contributed by atoms with van der Waals surface area (Å²) in [5.41, 5.74) is 4.65. The van der Waals surface area contributed by atoms with Gasteiger partial charge in [0.2, 0.25) is 0 Å². The molecule has 1 aromatic carbocycles. The zero-order chi connectivity index (χ0) is 15.7. The minimum absolute atomic E-state index is 0.0423. The maximum Gasteiger partial charge on any atom is 0.416 e. The lowest BCUT2D eigenvalue weighted by atomic mass is 10.1. The first kappa shape index (κ1) is 16.0. The normalized spacial score (nSPS) is 14.1. The van der Waals surface area contributed by atoms with Gasteiger partial charge < -0.3 is 5.73 Å². The monoisotopic (exact) mass is 335 g/mol. The zero-order valence-corrected chi connectivity index (χ0v) is 12.3. The molecule has 1 heterocycles. The second kappa shape index (κ2) is 5.78. The summed E-state index contributed by atoms with van der Waals surface area (Å²) >= 11 is 1.01. The van der Waals surface area contributed by atoms with Gasteiger partial charge in [0.1, 0.15) is 9.46 Å². The highest BCUT2D eigenvalue weighted by Crippen LogP contribution is 2.34. The third-order valence-electron chi connectivity index (χ3n) is 2.95. The van der Waals surface area contributed by atoms with Gasteiger partial charge in [0, 0.05) is 6.54 Å². The van der Waals surface area contributed by atoms with Crippen LogP contribution in [0.15, 0.2) is 46.0 Å². The van der Waals surface area contributed by atoms with Gasteiger partial charge in [0.15, 0.2) is 9.84 Å². The molecule has 2 aromatic rings. The van der Waals surface area contributed by atoms with Crippen molar-refractivity contribution in [2.24, 2.45) is 5.73 Å². The van der Waals surface area contributed by atoms with Crippen LogP contribution in [0.25, 0.3) is 0 Å². The van der Waals surface area contributed by atoms with Crippen LogP contribution in [-0.2, 0) is 16.0 Å². The van der Waals surface area contributed by atoms with Crippen molar-refractivity contribution in [1.82, 2.24) is 0 Å². The van der Waals surface area contributed by atoms with E-state index in [-0.39, 0.29) is 16.3 Å². The van der Waals surface area contributed by atoms with E-state index in [1.807, 2.05) is 0 Å². The lowest BCUT2D eigenvalue weighted by Gasteiger charge is -2.17. The van der Waals surface area contributed by atoms with Crippen molar-refractivity contribution in [3.63, 3.8) is 0 Å². The van der Waals surface area contributed by atoms with Gasteiger partial charge in [-0.15, -0.1) is 11.3 Å². The molecule has 0 aliphatic rings. The zero-order valence-electron chi connectivity index (χ0n) is 10.7. The van der Waals surface area contributed by atoms with E-state index >= 15 is 0 Å². The van der Waals surface area contributed by atoms with E-state index in [9.17, 15) is 21.6 Å². The van der Waals surface area contributed by atoms with E-state index in [0.29, 0.717) is 0 Å². The van der Waals surface area contributed by atoms with E-state index in [2.05, 4.69) is 0 Å². The van der Waals surface area contributed by atoms with Crippen molar-refractivity contribution >= 4 is 21.2 Å². The number of halogens is 3. The summed E-state index contributed by atoms with van der Waals surface area (Å²) in [4.78, 5) is 0. The Morgan fingerprint density at radius 2 is 1.90 bits per heavy atom. The molecule has 1 aromatic heterocycles. The van der Waals surface area contributed by atoms with Crippen LogP contribution in [0.5, 0.6) is 0 Å². The summed E-state index contributed by atoms with van der Waals surface area (Å²) in [5.74, 6) is 0. The lowest BCUT2D eigenvalue weighted by molar-refractivity contribution is -0.137. The number of sulfone groups is 1. The van der Waals surface area contributed by atoms with Crippen LogP contribution >= 0.6 is 11.3 Å². The van der Waals surface area contributed by atoms with Crippen LogP contribution in [-0.4, -0.2) is 15.0 Å². The highest BCUT2D eigenvalue weighted by Gasteiger charge is 2.33. The van der Waals surface area contributed by atoms with Crippen LogP contribution in [0.4, 0.5) is 13.2 Å². The van der Waals surface area contributed by atoms with Gasteiger partial charge in [0.05, 0.1) is 5.56 Å². The average molecular weight is 335 g/mol. The number of benzene rings is 1. The Balaban J connectivity index is 2.48. The summed E-state index contributed by atoms with van der Waals surface area (Å²) in [6, 6.07) is 7.24. The molecule has 114 valence electrons. The Kier molecular flexibility index (Phi) is 4.40. The molecule has 8 heteroatoms. The molecule has 0 aliphatic heterocycles. The van der Waals surface area contributed by atoms with Gasteiger partial charge in [-0.3, -0.25) is 0 Å². The average Bonchev–Trinajstić information content (AvgIpc) is 2.93. The summed E-state index contributed by atoms with van der Waals surface area (Å²) in [6.45, 7) is -0.290. The number of rotatable bonds is 4. The second-order valence-corrected chi connectivity index (χ2v) is 7.63. The van der Waals surface area contributed by atoms with Crippen LogP contribution in [0.1, 0.15) is 16.4 Å². The summed E-state index contributed by atoms with van der Waals surface area (Å²) in [6.07, 6.45) is -4.53. The molecular weight excluding hydrogens is 323 g/mol. The fraction of sp³-hybridized carbons (Fsp3) is 0.231. The summed E-state index contributed by atoms with van der Waals surface area (Å²) in [7, 11) is -3.80. The number of hydrogen-bond donors (Lipinski definition) is 1. The third-order valence-corrected chi connectivity index (χ3v) is 6.51. The van der Waals surface area contributed by atoms with Crippen molar-refractivity contribution in [3.05, 3.63) is 52.9 Å². The molecule has 21 heavy (non-hydrogen) atoms. The van der Waals surface area contributed by atoms with Gasteiger partial charge in [-0.2, -0.15) is 13.2 Å². The SMILES string of the molecule is NC[C@@H](c1cccc(C(F)(F)F)c1)S(=O)(=O)c1cccs1. The first-order valence-electron chi connectivity index (χ1n) is 5.91. The van der Waals surface area contributed by atoms with E-state index in [1.54, 1.807) is 11.4 Å². The van der Waals surface area contributed by atoms with Gasteiger partial charge in [-0.1, -0.05) is 24.3 Å². The molecule has 0 amide bonds. The van der Waals surface area contributed by atoms with Gasteiger partial charge in [0.25, 0.3) is 0 Å². The molecule has 0 saturated carbocycles. The van der Waals surface area contributed by atoms with Crippen molar-refractivity contribution < 1.29 is 21.6 Å². The van der Waals surface area contributed by atoms with Crippen molar-refractivity contribution in [1.29, 1.82) is 0 Å². The minimum atomic E-state index is -4.53. The fourth-order valence-electron chi connectivity index (χ4n) is 1.92. The number of thiophene rings is 1. The van der Waals surface area contributed by atoms with Gasteiger partial charge in [-0.05, 0) is 23.1 Å². The first-order chi connectivity index (χ1) is 9.76. The van der Waals surface area contributed by atoms with E-state index in [4.69, 9.17) is 5.73 Å². The lowest BCUT2D eigenvalue weighted by Crippen LogP contribution is -2.22. The quantitative estimate of drug-likeness (QED) is 0.933. The Morgan fingerprint density at radius 3 is 2.43 bits per heavy atom. The predicted molar refractivity (Wildman–Crippen MR) is 74.7 cm³/mol. The predicted octanol–water partition coefficient (Wildman–Crippen LogP) is 3.24. The maximum absolute atomic E-state index is 12.7. The van der Waals surface area contributed by atoms with Crippen molar-refractivity contribution in [2.45, 2.75) is 15.6 Å². The molecular formula is C13H12F3NO2S2. The number of hydrogen-bond acceptors (Lipinski definition) is 4. The molecule has 0 aliphatic carbocycles. The smallest absolute Gasteiger partial charge is 0.329 e. The minimum Gasteiger partial charge on any atom is -0.329 e. The maximum atomic E-state index is 12.7. The van der Waals surface area contributed by atoms with E-state index in [0.717, 1.165) is 23.5 Å². The second-order valence-electron chi connectivity index (χ2n) is 4.32. The molecule has 0 saturated heterocycles. The van der Waals surface area contributed by atoms with Crippen LogP contribution in [0.2, 0.25) is 0 Å². The van der Waals surface area contributed by atoms with Crippen molar-refractivity contribution in [2.75, 3.05) is 6.54 Å². The molecule has 0 fully saturated rings. The topological polar surface area (TPSA) is 60.2 Å². The number of nitrogens with two attached hydrogens (primary N) is 1.